The van der Waals surface area contributed by atoms with Crippen LogP contribution in [0.1, 0.15) is 11.1 Å². The van der Waals surface area contributed by atoms with Crippen LogP contribution in [-0.4, -0.2) is 11.1 Å². The second-order valence-electron chi connectivity index (χ2n) is 4.32. The quantitative estimate of drug-likeness (QED) is 0.839. The number of anilines is 1. The van der Waals surface area contributed by atoms with Crippen LogP contribution in [0.5, 0.6) is 0 Å². The Balaban J connectivity index is 2.12. The maximum atomic E-state index is 10.8. The van der Waals surface area contributed by atoms with Gasteiger partial charge in [0.25, 0.3) is 0 Å². The lowest BCUT2D eigenvalue weighted by Gasteiger charge is -2.11. The third-order valence-corrected chi connectivity index (χ3v) is 3.75. The molecule has 0 spiro atoms. The van der Waals surface area contributed by atoms with Crippen molar-refractivity contribution in [1.82, 2.24) is 0 Å². The second kappa shape index (κ2) is 6.77. The van der Waals surface area contributed by atoms with Gasteiger partial charge in [-0.1, -0.05) is 35.9 Å². The molecule has 0 amide bonds. The lowest BCUT2D eigenvalue weighted by atomic mass is 10.0. The highest BCUT2D eigenvalue weighted by molar-refractivity contribution is 9.10. The highest BCUT2D eigenvalue weighted by Gasteiger charge is 2.07. The smallest absolute Gasteiger partial charge is 0.307 e. The first kappa shape index (κ1) is 14.9. The van der Waals surface area contributed by atoms with Gasteiger partial charge < -0.3 is 10.4 Å². The van der Waals surface area contributed by atoms with E-state index in [0.717, 1.165) is 21.3 Å². The molecule has 2 aromatic carbocycles. The van der Waals surface area contributed by atoms with Crippen LogP contribution in [0.25, 0.3) is 0 Å². The molecule has 0 fully saturated rings. The molecule has 0 bridgehead atoms. The van der Waals surface area contributed by atoms with Gasteiger partial charge in [-0.3, -0.25) is 4.79 Å². The van der Waals surface area contributed by atoms with Gasteiger partial charge >= 0.3 is 5.97 Å². The molecule has 0 aliphatic rings. The standard InChI is InChI=1S/C15H13BrClNO2/c16-13-8-12(17)5-6-14(13)18-9-11-4-2-1-3-10(11)7-15(19)20/h1-6,8,18H,7,9H2,(H,19,20). The van der Waals surface area contributed by atoms with Crippen molar-refractivity contribution in [3.05, 3.63) is 63.1 Å². The van der Waals surface area contributed by atoms with Gasteiger partial charge in [-0.05, 0) is 45.3 Å². The molecule has 0 atom stereocenters. The summed E-state index contributed by atoms with van der Waals surface area (Å²) in [6.07, 6.45) is 0.0274. The van der Waals surface area contributed by atoms with Crippen LogP contribution in [-0.2, 0) is 17.8 Å². The normalized spacial score (nSPS) is 10.3. The molecule has 20 heavy (non-hydrogen) atoms. The summed E-state index contributed by atoms with van der Waals surface area (Å²) < 4.78 is 0.876. The van der Waals surface area contributed by atoms with E-state index >= 15 is 0 Å². The highest BCUT2D eigenvalue weighted by atomic mass is 79.9. The van der Waals surface area contributed by atoms with Crippen LogP contribution >= 0.6 is 27.5 Å². The molecular weight excluding hydrogens is 342 g/mol. The third kappa shape index (κ3) is 3.99. The summed E-state index contributed by atoms with van der Waals surface area (Å²) in [6, 6.07) is 13.0. The van der Waals surface area contributed by atoms with Crippen LogP contribution in [0.4, 0.5) is 5.69 Å². The lowest BCUT2D eigenvalue weighted by Crippen LogP contribution is -2.07. The molecule has 0 aromatic heterocycles. The van der Waals surface area contributed by atoms with Gasteiger partial charge in [0.2, 0.25) is 0 Å². The number of aliphatic carboxylic acids is 1. The van der Waals surface area contributed by atoms with E-state index in [1.165, 1.54) is 0 Å². The summed E-state index contributed by atoms with van der Waals surface area (Å²) in [7, 11) is 0. The minimum atomic E-state index is -0.829. The summed E-state index contributed by atoms with van der Waals surface area (Å²) in [6.45, 7) is 0.559. The zero-order valence-corrected chi connectivity index (χ0v) is 12.9. The van der Waals surface area contributed by atoms with Crippen LogP contribution in [0.3, 0.4) is 0 Å². The van der Waals surface area contributed by atoms with E-state index in [1.807, 2.05) is 36.4 Å². The summed E-state index contributed by atoms with van der Waals surface area (Å²) in [5, 5.41) is 12.8. The zero-order chi connectivity index (χ0) is 14.5. The van der Waals surface area contributed by atoms with Crippen LogP contribution in [0.2, 0.25) is 5.02 Å². The van der Waals surface area contributed by atoms with Crippen molar-refractivity contribution in [3.8, 4) is 0 Å². The number of hydrogen-bond acceptors (Lipinski definition) is 2. The molecule has 0 unspecified atom stereocenters. The van der Waals surface area contributed by atoms with E-state index in [1.54, 1.807) is 6.07 Å². The Kier molecular flexibility index (Phi) is 5.04. The van der Waals surface area contributed by atoms with Crippen molar-refractivity contribution in [2.24, 2.45) is 0 Å². The molecule has 0 aliphatic heterocycles. The van der Waals surface area contributed by atoms with Crippen molar-refractivity contribution in [1.29, 1.82) is 0 Å². The number of carboxylic acids is 1. The molecule has 104 valence electrons. The van der Waals surface area contributed by atoms with Gasteiger partial charge in [-0.25, -0.2) is 0 Å². The average molecular weight is 355 g/mol. The fraction of sp³-hybridized carbons (Fsp3) is 0.133. The highest BCUT2D eigenvalue weighted by Crippen LogP contribution is 2.26. The van der Waals surface area contributed by atoms with E-state index < -0.39 is 5.97 Å². The molecule has 5 heteroatoms. The molecule has 0 heterocycles. The maximum Gasteiger partial charge on any atom is 0.307 e. The number of nitrogens with one attached hydrogen (secondary N) is 1. The van der Waals surface area contributed by atoms with E-state index in [0.29, 0.717) is 11.6 Å². The summed E-state index contributed by atoms with van der Waals surface area (Å²) >= 11 is 9.33. The fourth-order valence-corrected chi connectivity index (χ4v) is 2.71. The predicted molar refractivity (Wildman–Crippen MR) is 84.3 cm³/mol. The Labute approximate surface area is 130 Å². The summed E-state index contributed by atoms with van der Waals surface area (Å²) in [5.74, 6) is -0.829. The van der Waals surface area contributed by atoms with Gasteiger partial charge in [0, 0.05) is 21.7 Å². The molecular formula is C15H13BrClNO2. The number of carboxylic acid groups (broad SMARTS) is 1. The van der Waals surface area contributed by atoms with Crippen LogP contribution in [0.15, 0.2) is 46.9 Å². The second-order valence-corrected chi connectivity index (χ2v) is 5.61. The topological polar surface area (TPSA) is 49.3 Å². The van der Waals surface area contributed by atoms with Crippen molar-refractivity contribution >= 4 is 39.2 Å². The predicted octanol–water partition coefficient (Wildman–Crippen LogP) is 4.34. The maximum absolute atomic E-state index is 10.8. The lowest BCUT2D eigenvalue weighted by molar-refractivity contribution is -0.136. The van der Waals surface area contributed by atoms with E-state index in [9.17, 15) is 4.79 Å². The van der Waals surface area contributed by atoms with E-state index in [-0.39, 0.29) is 6.42 Å². The minimum absolute atomic E-state index is 0.0274. The largest absolute Gasteiger partial charge is 0.481 e. The van der Waals surface area contributed by atoms with Crippen LogP contribution in [0, 0.1) is 0 Å². The molecule has 2 aromatic rings. The number of hydrogen-bond donors (Lipinski definition) is 2. The first-order valence-corrected chi connectivity index (χ1v) is 7.21. The molecule has 0 saturated heterocycles. The molecule has 2 N–H and O–H groups in total. The first-order chi connectivity index (χ1) is 9.56. The van der Waals surface area contributed by atoms with Gasteiger partial charge in [0.15, 0.2) is 0 Å². The SMILES string of the molecule is O=C(O)Cc1ccccc1CNc1ccc(Cl)cc1Br. The fourth-order valence-electron chi connectivity index (χ4n) is 1.89. The van der Waals surface area contributed by atoms with Gasteiger partial charge in [-0.15, -0.1) is 0 Å². The Hall–Kier alpha value is -1.52. The van der Waals surface area contributed by atoms with Crippen LogP contribution < -0.4 is 5.32 Å². The first-order valence-electron chi connectivity index (χ1n) is 6.04. The van der Waals surface area contributed by atoms with Crippen molar-refractivity contribution < 1.29 is 9.90 Å². The third-order valence-electron chi connectivity index (χ3n) is 2.86. The van der Waals surface area contributed by atoms with Gasteiger partial charge in [-0.2, -0.15) is 0 Å². The number of benzene rings is 2. The molecule has 2 rings (SSSR count). The zero-order valence-electron chi connectivity index (χ0n) is 10.6. The van der Waals surface area contributed by atoms with E-state index in [4.69, 9.17) is 16.7 Å². The minimum Gasteiger partial charge on any atom is -0.481 e. The molecule has 0 aliphatic carbocycles. The molecule has 0 saturated carbocycles. The van der Waals surface area contributed by atoms with E-state index in [2.05, 4.69) is 21.2 Å². The summed E-state index contributed by atoms with van der Waals surface area (Å²) in [5.41, 5.74) is 2.70. The van der Waals surface area contributed by atoms with Crippen molar-refractivity contribution in [3.63, 3.8) is 0 Å². The van der Waals surface area contributed by atoms with Gasteiger partial charge in [0.1, 0.15) is 0 Å². The summed E-state index contributed by atoms with van der Waals surface area (Å²) in [4.78, 5) is 10.8. The Bertz CT molecular complexity index is 631. The molecule has 0 radical (unpaired) electrons. The Morgan fingerprint density at radius 2 is 1.90 bits per heavy atom. The van der Waals surface area contributed by atoms with Crippen molar-refractivity contribution in [2.75, 3.05) is 5.32 Å². The average Bonchev–Trinajstić information content (AvgIpc) is 2.39. The van der Waals surface area contributed by atoms with Gasteiger partial charge in [0.05, 0.1) is 6.42 Å². The number of carbonyl (C=O) groups is 1. The number of rotatable bonds is 5. The molecule has 3 nitrogen and oxygen atoms in total. The Morgan fingerprint density at radius 1 is 1.20 bits per heavy atom. The Morgan fingerprint density at radius 3 is 2.55 bits per heavy atom. The number of halogens is 2. The monoisotopic (exact) mass is 353 g/mol. The van der Waals surface area contributed by atoms with Crippen molar-refractivity contribution in [2.45, 2.75) is 13.0 Å².